The van der Waals surface area contributed by atoms with Crippen LogP contribution in [0.2, 0.25) is 0 Å². The third-order valence-corrected chi connectivity index (χ3v) is 5.52. The van der Waals surface area contributed by atoms with Gasteiger partial charge in [0.1, 0.15) is 5.75 Å². The minimum Gasteiger partial charge on any atom is -0.496 e. The molecular formula is C25H40N4O6. The molecule has 10 nitrogen and oxygen atoms in total. The molecule has 0 spiro atoms. The number of hydrogen-bond acceptors (Lipinski definition) is 7. The SMILES string of the molecule is CC(=O)O.CC(=O)O.COc1ccc(CN2C[C@@H](CO)CC[C@@H](N(C)C)C2)cc1Cn1cccn1. The van der Waals surface area contributed by atoms with Crippen LogP contribution >= 0.6 is 0 Å². The molecule has 196 valence electrons. The van der Waals surface area contributed by atoms with E-state index < -0.39 is 11.9 Å². The zero-order valence-electron chi connectivity index (χ0n) is 21.4. The zero-order valence-corrected chi connectivity index (χ0v) is 21.4. The third-order valence-electron chi connectivity index (χ3n) is 5.52. The van der Waals surface area contributed by atoms with Gasteiger partial charge in [0.25, 0.3) is 11.9 Å². The Kier molecular flexibility index (Phi) is 13.6. The zero-order chi connectivity index (χ0) is 26.4. The molecule has 0 aliphatic carbocycles. The smallest absolute Gasteiger partial charge is 0.300 e. The Bertz CT molecular complexity index is 868. The molecule has 3 N–H and O–H groups in total. The molecule has 1 fully saturated rings. The van der Waals surface area contributed by atoms with Gasteiger partial charge in [-0.3, -0.25) is 19.2 Å². The summed E-state index contributed by atoms with van der Waals surface area (Å²) in [5.74, 6) is -0.415. The lowest BCUT2D eigenvalue weighted by atomic mass is 10.0. The molecule has 0 saturated carbocycles. The first-order chi connectivity index (χ1) is 16.5. The molecule has 0 amide bonds. The standard InChI is InChI=1S/C21H32N4O2.2C2H4O2/c1-23(2)20-7-5-18(16-26)13-24(15-20)12-17-6-8-21(27-3)19(11-17)14-25-10-4-9-22-25;2*1-2(3)4/h4,6,8-11,18,20,26H,5,7,12-16H2,1-3H3;2*1H3,(H,3,4)/t18-,20+;;/m0../s1. The first-order valence-electron chi connectivity index (χ1n) is 11.6. The molecule has 0 unspecified atom stereocenters. The van der Waals surface area contributed by atoms with Gasteiger partial charge in [0.15, 0.2) is 0 Å². The largest absolute Gasteiger partial charge is 0.496 e. The highest BCUT2D eigenvalue weighted by Crippen LogP contribution is 2.24. The lowest BCUT2D eigenvalue weighted by Gasteiger charge is -2.29. The van der Waals surface area contributed by atoms with Gasteiger partial charge in [-0.1, -0.05) is 6.07 Å². The van der Waals surface area contributed by atoms with Crippen molar-refractivity contribution in [3.05, 3.63) is 47.8 Å². The molecule has 2 aromatic rings. The van der Waals surface area contributed by atoms with E-state index in [1.807, 2.05) is 16.9 Å². The number of aromatic nitrogens is 2. The van der Waals surface area contributed by atoms with Crippen LogP contribution in [-0.4, -0.2) is 93.8 Å². The van der Waals surface area contributed by atoms with E-state index in [-0.39, 0.29) is 6.61 Å². The van der Waals surface area contributed by atoms with Crippen LogP contribution in [0, 0.1) is 5.92 Å². The van der Waals surface area contributed by atoms with Crippen molar-refractivity contribution < 1.29 is 29.6 Å². The topological polar surface area (TPSA) is 128 Å². The summed E-state index contributed by atoms with van der Waals surface area (Å²) in [6, 6.07) is 8.89. The van der Waals surface area contributed by atoms with E-state index in [1.54, 1.807) is 13.3 Å². The maximum Gasteiger partial charge on any atom is 0.300 e. The molecule has 0 bridgehead atoms. The van der Waals surface area contributed by atoms with Crippen molar-refractivity contribution in [2.24, 2.45) is 5.92 Å². The third kappa shape index (κ3) is 12.4. The van der Waals surface area contributed by atoms with Gasteiger partial charge in [-0.2, -0.15) is 5.10 Å². The van der Waals surface area contributed by atoms with Crippen LogP contribution < -0.4 is 4.74 Å². The first-order valence-corrected chi connectivity index (χ1v) is 11.6. The van der Waals surface area contributed by atoms with E-state index >= 15 is 0 Å². The molecule has 1 aromatic carbocycles. The molecule has 10 heteroatoms. The van der Waals surface area contributed by atoms with E-state index in [0.717, 1.165) is 57.6 Å². The number of nitrogens with zero attached hydrogens (tertiary/aromatic N) is 4. The summed E-state index contributed by atoms with van der Waals surface area (Å²) < 4.78 is 7.46. The Hall–Kier alpha value is -2.95. The number of likely N-dealkylation sites (N-methyl/N-ethyl adjacent to an activating group) is 1. The number of ether oxygens (including phenoxy) is 1. The molecule has 1 saturated heterocycles. The number of hydrogen-bond donors (Lipinski definition) is 3. The highest BCUT2D eigenvalue weighted by molar-refractivity contribution is 5.63. The van der Waals surface area contributed by atoms with Crippen molar-refractivity contribution in [1.82, 2.24) is 19.6 Å². The molecule has 35 heavy (non-hydrogen) atoms. The Balaban J connectivity index is 0.000000668. The summed E-state index contributed by atoms with van der Waals surface area (Å²) in [5.41, 5.74) is 2.41. The van der Waals surface area contributed by atoms with Crippen molar-refractivity contribution in [3.8, 4) is 5.75 Å². The number of carboxylic acids is 2. The van der Waals surface area contributed by atoms with Gasteiger partial charge in [0.2, 0.25) is 0 Å². The van der Waals surface area contributed by atoms with Crippen LogP contribution in [0.25, 0.3) is 0 Å². The summed E-state index contributed by atoms with van der Waals surface area (Å²) in [4.78, 5) is 22.8. The number of likely N-dealkylation sites (tertiary alicyclic amines) is 1. The number of carboxylic acid groups (broad SMARTS) is 2. The number of methoxy groups -OCH3 is 1. The molecule has 3 rings (SSSR count). The number of rotatable bonds is 7. The van der Waals surface area contributed by atoms with Crippen molar-refractivity contribution >= 4 is 11.9 Å². The van der Waals surface area contributed by atoms with Crippen LogP contribution in [0.15, 0.2) is 36.7 Å². The molecule has 1 aliphatic rings. The lowest BCUT2D eigenvalue weighted by molar-refractivity contribution is -0.135. The normalized spacial score (nSPS) is 17.9. The number of benzene rings is 1. The Morgan fingerprint density at radius 3 is 2.29 bits per heavy atom. The van der Waals surface area contributed by atoms with E-state index in [2.05, 4.69) is 47.2 Å². The molecule has 2 heterocycles. The molecule has 1 aromatic heterocycles. The van der Waals surface area contributed by atoms with Crippen LogP contribution in [-0.2, 0) is 22.7 Å². The van der Waals surface area contributed by atoms with Crippen molar-refractivity contribution in [2.75, 3.05) is 40.9 Å². The predicted octanol–water partition coefficient (Wildman–Crippen LogP) is 2.26. The highest BCUT2D eigenvalue weighted by Gasteiger charge is 2.25. The minimum absolute atomic E-state index is 0.268. The summed E-state index contributed by atoms with van der Waals surface area (Å²) in [5, 5.41) is 28.9. The van der Waals surface area contributed by atoms with E-state index in [9.17, 15) is 5.11 Å². The van der Waals surface area contributed by atoms with E-state index in [1.165, 1.54) is 5.56 Å². The van der Waals surface area contributed by atoms with Crippen LogP contribution in [0.1, 0.15) is 37.8 Å². The Morgan fingerprint density at radius 2 is 1.77 bits per heavy atom. The van der Waals surface area contributed by atoms with E-state index in [0.29, 0.717) is 18.5 Å². The van der Waals surface area contributed by atoms with Crippen LogP contribution in [0.5, 0.6) is 5.75 Å². The fourth-order valence-corrected chi connectivity index (χ4v) is 3.93. The van der Waals surface area contributed by atoms with Gasteiger partial charge in [0, 0.05) is 64.1 Å². The van der Waals surface area contributed by atoms with Gasteiger partial charge in [-0.25, -0.2) is 0 Å². The number of aliphatic carboxylic acids is 2. The molecule has 1 aliphatic heterocycles. The maximum atomic E-state index is 9.71. The van der Waals surface area contributed by atoms with Gasteiger partial charge in [-0.05, 0) is 56.6 Å². The van der Waals surface area contributed by atoms with E-state index in [4.69, 9.17) is 24.5 Å². The Morgan fingerprint density at radius 1 is 1.11 bits per heavy atom. The van der Waals surface area contributed by atoms with Crippen molar-refractivity contribution in [1.29, 1.82) is 0 Å². The van der Waals surface area contributed by atoms with Gasteiger partial charge < -0.3 is 25.0 Å². The molecule has 2 atom stereocenters. The number of aliphatic hydroxyl groups is 1. The fourth-order valence-electron chi connectivity index (χ4n) is 3.93. The summed E-state index contributed by atoms with van der Waals surface area (Å²) >= 11 is 0. The van der Waals surface area contributed by atoms with Crippen LogP contribution in [0.3, 0.4) is 0 Å². The average Bonchev–Trinajstić information content (AvgIpc) is 3.18. The quantitative estimate of drug-likeness (QED) is 0.533. The van der Waals surface area contributed by atoms with Gasteiger partial charge in [0.05, 0.1) is 13.7 Å². The van der Waals surface area contributed by atoms with Crippen LogP contribution in [0.4, 0.5) is 0 Å². The molecular weight excluding hydrogens is 452 g/mol. The van der Waals surface area contributed by atoms with Gasteiger partial charge in [-0.15, -0.1) is 0 Å². The Labute approximate surface area is 207 Å². The monoisotopic (exact) mass is 492 g/mol. The summed E-state index contributed by atoms with van der Waals surface area (Å²) in [7, 11) is 6.01. The second-order valence-corrected chi connectivity index (χ2v) is 8.83. The number of aliphatic hydroxyl groups excluding tert-OH is 1. The molecule has 0 radical (unpaired) electrons. The summed E-state index contributed by atoms with van der Waals surface area (Å²) in [6.07, 6.45) is 5.99. The number of carbonyl (C=O) groups is 2. The summed E-state index contributed by atoms with van der Waals surface area (Å²) in [6.45, 7) is 6.00. The van der Waals surface area contributed by atoms with Crippen molar-refractivity contribution in [3.63, 3.8) is 0 Å². The van der Waals surface area contributed by atoms with Gasteiger partial charge >= 0.3 is 0 Å². The maximum absolute atomic E-state index is 9.71. The van der Waals surface area contributed by atoms with Crippen molar-refractivity contribution in [2.45, 2.75) is 45.8 Å². The minimum atomic E-state index is -0.833. The first kappa shape index (κ1) is 30.1. The fraction of sp³-hybridized carbons (Fsp3) is 0.560. The second-order valence-electron chi connectivity index (χ2n) is 8.83. The highest BCUT2D eigenvalue weighted by atomic mass is 16.5. The average molecular weight is 493 g/mol. The predicted molar refractivity (Wildman–Crippen MR) is 134 cm³/mol. The second kappa shape index (κ2) is 15.9. The lowest BCUT2D eigenvalue weighted by Crippen LogP contribution is -2.39.